The molecule has 13 heavy (non-hydrogen) atoms. The maximum Gasteiger partial charge on any atom is 0.129 e. The summed E-state index contributed by atoms with van der Waals surface area (Å²) in [6.45, 7) is 3.92. The largest absolute Gasteiger partial charge is 0.303 e. The van der Waals surface area contributed by atoms with E-state index in [0.717, 1.165) is 18.5 Å². The van der Waals surface area contributed by atoms with Gasteiger partial charge in [0, 0.05) is 24.2 Å². The highest BCUT2D eigenvalue weighted by Gasteiger charge is 2.22. The number of rotatable bonds is 4. The number of hydrogen-bond acceptors (Lipinski definition) is 3. The van der Waals surface area contributed by atoms with Gasteiger partial charge in [-0.2, -0.15) is 0 Å². The lowest BCUT2D eigenvalue weighted by Crippen LogP contribution is -2.21. The molecular formula is C10H14N2O. The van der Waals surface area contributed by atoms with Crippen LogP contribution in [0.4, 0.5) is 0 Å². The maximum absolute atomic E-state index is 10.8. The highest BCUT2D eigenvalue weighted by atomic mass is 16.1. The molecule has 1 aromatic heterocycles. The van der Waals surface area contributed by atoms with Gasteiger partial charge in [-0.15, -0.1) is 0 Å². The fourth-order valence-corrected chi connectivity index (χ4v) is 1.03. The van der Waals surface area contributed by atoms with Crippen LogP contribution in [0, 0.1) is 5.41 Å². The first-order valence-electron chi connectivity index (χ1n) is 4.42. The SMILES string of the molecule is CCC(C)(C=O)Cc1ncccn1. The summed E-state index contributed by atoms with van der Waals surface area (Å²) in [6.07, 6.45) is 5.82. The molecule has 70 valence electrons. The van der Waals surface area contributed by atoms with Gasteiger partial charge in [0.25, 0.3) is 0 Å². The van der Waals surface area contributed by atoms with Gasteiger partial charge in [-0.3, -0.25) is 0 Å². The molecule has 0 aliphatic rings. The molecule has 1 rings (SSSR count). The van der Waals surface area contributed by atoms with Crippen molar-refractivity contribution in [1.29, 1.82) is 0 Å². The van der Waals surface area contributed by atoms with E-state index < -0.39 is 0 Å². The van der Waals surface area contributed by atoms with Gasteiger partial charge in [0.15, 0.2) is 0 Å². The second kappa shape index (κ2) is 4.12. The van der Waals surface area contributed by atoms with E-state index in [1.807, 2.05) is 13.8 Å². The molecule has 0 saturated carbocycles. The van der Waals surface area contributed by atoms with Gasteiger partial charge in [0.1, 0.15) is 12.1 Å². The monoisotopic (exact) mass is 178 g/mol. The molecule has 0 spiro atoms. The molecule has 0 amide bonds. The number of carbonyl (C=O) groups excluding carboxylic acids is 1. The summed E-state index contributed by atoms with van der Waals surface area (Å²) in [4.78, 5) is 19.0. The van der Waals surface area contributed by atoms with E-state index in [1.54, 1.807) is 18.5 Å². The first-order chi connectivity index (χ1) is 6.20. The predicted molar refractivity (Wildman–Crippen MR) is 50.2 cm³/mol. The third-order valence-electron chi connectivity index (χ3n) is 2.27. The van der Waals surface area contributed by atoms with Crippen LogP contribution in [-0.4, -0.2) is 16.3 Å². The second-order valence-electron chi connectivity index (χ2n) is 3.47. The van der Waals surface area contributed by atoms with Crippen molar-refractivity contribution in [2.24, 2.45) is 5.41 Å². The summed E-state index contributed by atoms with van der Waals surface area (Å²) < 4.78 is 0. The highest BCUT2D eigenvalue weighted by molar-refractivity contribution is 5.58. The quantitative estimate of drug-likeness (QED) is 0.658. The summed E-state index contributed by atoms with van der Waals surface area (Å²) in [5.41, 5.74) is -0.318. The average molecular weight is 178 g/mol. The molecule has 0 aliphatic carbocycles. The van der Waals surface area contributed by atoms with Gasteiger partial charge in [-0.05, 0) is 12.5 Å². The zero-order valence-electron chi connectivity index (χ0n) is 8.03. The number of nitrogens with zero attached hydrogens (tertiary/aromatic N) is 2. The molecule has 1 unspecified atom stereocenters. The topological polar surface area (TPSA) is 42.9 Å². The Morgan fingerprint density at radius 3 is 2.54 bits per heavy atom. The fraction of sp³-hybridized carbons (Fsp3) is 0.500. The van der Waals surface area contributed by atoms with Gasteiger partial charge in [0.05, 0.1) is 0 Å². The summed E-state index contributed by atoms with van der Waals surface area (Å²) in [7, 11) is 0. The summed E-state index contributed by atoms with van der Waals surface area (Å²) in [5.74, 6) is 0.735. The molecule has 0 N–H and O–H groups in total. The molecule has 0 saturated heterocycles. The molecule has 0 bridgehead atoms. The van der Waals surface area contributed by atoms with E-state index in [4.69, 9.17) is 0 Å². The molecule has 0 aromatic carbocycles. The van der Waals surface area contributed by atoms with Gasteiger partial charge in [0.2, 0.25) is 0 Å². The van der Waals surface area contributed by atoms with E-state index >= 15 is 0 Å². The Morgan fingerprint density at radius 1 is 1.46 bits per heavy atom. The third-order valence-corrected chi connectivity index (χ3v) is 2.27. The third kappa shape index (κ3) is 2.61. The van der Waals surface area contributed by atoms with Crippen LogP contribution < -0.4 is 0 Å². The summed E-state index contributed by atoms with van der Waals surface area (Å²) >= 11 is 0. The normalized spacial score (nSPS) is 14.9. The van der Waals surface area contributed by atoms with Crippen LogP contribution in [0.1, 0.15) is 26.1 Å². The lowest BCUT2D eigenvalue weighted by molar-refractivity contribution is -0.115. The predicted octanol–water partition coefficient (Wildman–Crippen LogP) is 1.63. The van der Waals surface area contributed by atoms with Crippen LogP contribution in [0.25, 0.3) is 0 Å². The van der Waals surface area contributed by atoms with Crippen LogP contribution in [0.3, 0.4) is 0 Å². The van der Waals surface area contributed by atoms with Crippen molar-refractivity contribution in [1.82, 2.24) is 9.97 Å². The molecule has 0 fully saturated rings. The molecule has 1 aromatic rings. The minimum absolute atomic E-state index is 0.318. The van der Waals surface area contributed by atoms with Gasteiger partial charge in [-0.25, -0.2) is 9.97 Å². The molecule has 0 aliphatic heterocycles. The van der Waals surface area contributed by atoms with Crippen LogP contribution >= 0.6 is 0 Å². The molecule has 3 nitrogen and oxygen atoms in total. The lowest BCUT2D eigenvalue weighted by atomic mass is 9.85. The Kier molecular flexibility index (Phi) is 3.12. The van der Waals surface area contributed by atoms with Crippen molar-refractivity contribution in [3.63, 3.8) is 0 Å². The number of hydrogen-bond donors (Lipinski definition) is 0. The van der Waals surface area contributed by atoms with Gasteiger partial charge in [-0.1, -0.05) is 13.8 Å². The van der Waals surface area contributed by atoms with Crippen molar-refractivity contribution in [2.45, 2.75) is 26.7 Å². The van der Waals surface area contributed by atoms with Crippen LogP contribution in [0.15, 0.2) is 18.5 Å². The van der Waals surface area contributed by atoms with Crippen LogP contribution in [-0.2, 0) is 11.2 Å². The van der Waals surface area contributed by atoms with Crippen molar-refractivity contribution < 1.29 is 4.79 Å². The molecule has 1 atom stereocenters. The van der Waals surface area contributed by atoms with E-state index in [9.17, 15) is 4.79 Å². The minimum atomic E-state index is -0.318. The maximum atomic E-state index is 10.8. The zero-order chi connectivity index (χ0) is 9.73. The molecule has 1 heterocycles. The minimum Gasteiger partial charge on any atom is -0.303 e. The zero-order valence-corrected chi connectivity index (χ0v) is 8.03. The van der Waals surface area contributed by atoms with E-state index in [2.05, 4.69) is 9.97 Å². The van der Waals surface area contributed by atoms with Crippen LogP contribution in [0.5, 0.6) is 0 Å². The van der Waals surface area contributed by atoms with Crippen molar-refractivity contribution in [3.8, 4) is 0 Å². The standard InChI is InChI=1S/C10H14N2O/c1-3-10(2,8-13)7-9-11-5-4-6-12-9/h4-6,8H,3,7H2,1-2H3. The number of carbonyl (C=O) groups is 1. The van der Waals surface area contributed by atoms with E-state index in [1.165, 1.54) is 0 Å². The average Bonchev–Trinajstić information content (AvgIpc) is 2.19. The van der Waals surface area contributed by atoms with E-state index in [0.29, 0.717) is 6.42 Å². The van der Waals surface area contributed by atoms with Gasteiger partial charge >= 0.3 is 0 Å². The number of aldehydes is 1. The Balaban J connectivity index is 2.73. The van der Waals surface area contributed by atoms with Crippen molar-refractivity contribution in [2.75, 3.05) is 0 Å². The van der Waals surface area contributed by atoms with E-state index in [-0.39, 0.29) is 5.41 Å². The number of aromatic nitrogens is 2. The van der Waals surface area contributed by atoms with Crippen molar-refractivity contribution >= 4 is 6.29 Å². The lowest BCUT2D eigenvalue weighted by Gasteiger charge is -2.19. The summed E-state index contributed by atoms with van der Waals surface area (Å²) in [6, 6.07) is 1.77. The molecular weight excluding hydrogens is 164 g/mol. The fourth-order valence-electron chi connectivity index (χ4n) is 1.03. The molecule has 0 radical (unpaired) electrons. The highest BCUT2D eigenvalue weighted by Crippen LogP contribution is 2.21. The summed E-state index contributed by atoms with van der Waals surface area (Å²) in [5, 5.41) is 0. The first kappa shape index (κ1) is 9.84. The molecule has 3 heteroatoms. The first-order valence-corrected chi connectivity index (χ1v) is 4.42. The Morgan fingerprint density at radius 2 is 2.08 bits per heavy atom. The Hall–Kier alpha value is -1.25. The smallest absolute Gasteiger partial charge is 0.129 e. The van der Waals surface area contributed by atoms with Crippen molar-refractivity contribution in [3.05, 3.63) is 24.3 Å². The Labute approximate surface area is 78.2 Å². The van der Waals surface area contributed by atoms with Gasteiger partial charge < -0.3 is 4.79 Å². The second-order valence-corrected chi connectivity index (χ2v) is 3.47. The van der Waals surface area contributed by atoms with Crippen LogP contribution in [0.2, 0.25) is 0 Å². The Bertz CT molecular complexity index is 274.